The van der Waals surface area contributed by atoms with Crippen LogP contribution in [-0.4, -0.2) is 58.5 Å². The van der Waals surface area contributed by atoms with Crippen molar-refractivity contribution >= 4 is 17.4 Å². The highest BCUT2D eigenvalue weighted by Gasteiger charge is 2.25. The zero-order chi connectivity index (χ0) is 14.8. The van der Waals surface area contributed by atoms with E-state index in [4.69, 9.17) is 0 Å². The number of aryl methyl sites for hydroxylation is 1. The molecular formula is C15H18N4OS. The summed E-state index contributed by atoms with van der Waals surface area (Å²) in [5.41, 5.74) is 2.68. The van der Waals surface area contributed by atoms with Crippen LogP contribution in [0.2, 0.25) is 0 Å². The fourth-order valence-corrected chi connectivity index (χ4v) is 3.04. The topological polar surface area (TPSA) is 49.3 Å². The Bertz CT molecular complexity index is 629. The van der Waals surface area contributed by atoms with Gasteiger partial charge in [-0.25, -0.2) is 0 Å². The number of carbonyl (C=O) groups is 1. The van der Waals surface area contributed by atoms with Crippen molar-refractivity contribution in [3.8, 4) is 10.4 Å². The highest BCUT2D eigenvalue weighted by Crippen LogP contribution is 2.27. The fraction of sp³-hybridized carbons (Fsp3) is 0.400. The molecule has 0 radical (unpaired) electrons. The number of hydrogen-bond donors (Lipinski definition) is 0. The number of piperazine rings is 1. The van der Waals surface area contributed by atoms with Gasteiger partial charge in [-0.15, -0.1) is 5.10 Å². The minimum atomic E-state index is -0.00701. The SMILES string of the molecule is Cc1ccc(-c2snnc2C(=O)N2CCN(C)CC2)cc1. The van der Waals surface area contributed by atoms with Crippen LogP contribution in [0.4, 0.5) is 0 Å². The normalized spacial score (nSPS) is 16.2. The lowest BCUT2D eigenvalue weighted by molar-refractivity contribution is 0.0659. The van der Waals surface area contributed by atoms with Gasteiger partial charge in [-0.05, 0) is 31.1 Å². The quantitative estimate of drug-likeness (QED) is 0.850. The highest BCUT2D eigenvalue weighted by atomic mass is 32.1. The summed E-state index contributed by atoms with van der Waals surface area (Å²) in [6.45, 7) is 5.36. The largest absolute Gasteiger partial charge is 0.335 e. The number of rotatable bonds is 2. The molecule has 2 heterocycles. The second-order valence-corrected chi connectivity index (χ2v) is 6.17. The summed E-state index contributed by atoms with van der Waals surface area (Å²) in [4.78, 5) is 17.6. The van der Waals surface area contributed by atoms with Gasteiger partial charge in [0.05, 0.1) is 4.88 Å². The summed E-state index contributed by atoms with van der Waals surface area (Å²) < 4.78 is 3.99. The number of carbonyl (C=O) groups excluding carboxylic acids is 1. The van der Waals surface area contributed by atoms with Crippen molar-refractivity contribution in [1.82, 2.24) is 19.4 Å². The molecule has 1 aliphatic rings. The van der Waals surface area contributed by atoms with Crippen LogP contribution >= 0.6 is 11.5 Å². The van der Waals surface area contributed by atoms with Crippen molar-refractivity contribution in [2.45, 2.75) is 6.92 Å². The third-order valence-corrected chi connectivity index (χ3v) is 4.57. The van der Waals surface area contributed by atoms with Crippen molar-refractivity contribution in [3.05, 3.63) is 35.5 Å². The van der Waals surface area contributed by atoms with Crippen LogP contribution < -0.4 is 0 Å². The number of likely N-dealkylation sites (N-methyl/N-ethyl adjacent to an activating group) is 1. The van der Waals surface area contributed by atoms with E-state index in [1.807, 2.05) is 36.1 Å². The zero-order valence-electron chi connectivity index (χ0n) is 12.2. The second kappa shape index (κ2) is 5.91. The van der Waals surface area contributed by atoms with Crippen LogP contribution in [0.25, 0.3) is 10.4 Å². The molecule has 0 atom stereocenters. The van der Waals surface area contributed by atoms with Crippen LogP contribution in [-0.2, 0) is 0 Å². The Hall–Kier alpha value is -1.79. The minimum absolute atomic E-state index is 0.00701. The third kappa shape index (κ3) is 2.96. The molecule has 3 rings (SSSR count). The van der Waals surface area contributed by atoms with Gasteiger partial charge >= 0.3 is 0 Å². The average molecular weight is 302 g/mol. The molecular weight excluding hydrogens is 284 g/mol. The number of aromatic nitrogens is 2. The molecule has 21 heavy (non-hydrogen) atoms. The van der Waals surface area contributed by atoms with Gasteiger partial charge in [-0.1, -0.05) is 34.3 Å². The first kappa shape index (κ1) is 14.2. The van der Waals surface area contributed by atoms with Gasteiger partial charge in [-0.3, -0.25) is 4.79 Å². The molecule has 1 aromatic heterocycles. The van der Waals surface area contributed by atoms with Gasteiger partial charge in [0.15, 0.2) is 5.69 Å². The van der Waals surface area contributed by atoms with Gasteiger partial charge in [0.2, 0.25) is 0 Å². The summed E-state index contributed by atoms with van der Waals surface area (Å²) in [5, 5.41) is 4.07. The lowest BCUT2D eigenvalue weighted by Gasteiger charge is -2.32. The van der Waals surface area contributed by atoms with Crippen molar-refractivity contribution in [3.63, 3.8) is 0 Å². The van der Waals surface area contributed by atoms with E-state index in [0.717, 1.165) is 36.6 Å². The van der Waals surface area contributed by atoms with E-state index in [1.54, 1.807) is 0 Å². The summed E-state index contributed by atoms with van der Waals surface area (Å²) >= 11 is 1.28. The number of amides is 1. The standard InChI is InChI=1S/C15H18N4OS/c1-11-3-5-12(6-4-11)14-13(16-17-21-14)15(20)19-9-7-18(2)8-10-19/h3-6H,7-10H2,1-2H3. The molecule has 6 heteroatoms. The molecule has 0 bridgehead atoms. The maximum Gasteiger partial charge on any atom is 0.276 e. The van der Waals surface area contributed by atoms with Gasteiger partial charge in [0.1, 0.15) is 0 Å². The van der Waals surface area contributed by atoms with Crippen molar-refractivity contribution in [2.24, 2.45) is 0 Å². The smallest absolute Gasteiger partial charge is 0.276 e. The maximum atomic E-state index is 12.6. The average Bonchev–Trinajstić information content (AvgIpc) is 2.97. The Kier molecular flexibility index (Phi) is 3.98. The Morgan fingerprint density at radius 1 is 1.14 bits per heavy atom. The van der Waals surface area contributed by atoms with Crippen LogP contribution in [0.15, 0.2) is 24.3 Å². The van der Waals surface area contributed by atoms with E-state index >= 15 is 0 Å². The van der Waals surface area contributed by atoms with Crippen LogP contribution in [0.1, 0.15) is 16.1 Å². The number of benzene rings is 1. The van der Waals surface area contributed by atoms with E-state index < -0.39 is 0 Å². The summed E-state index contributed by atoms with van der Waals surface area (Å²) in [6, 6.07) is 8.12. The van der Waals surface area contributed by atoms with E-state index in [9.17, 15) is 4.79 Å². The minimum Gasteiger partial charge on any atom is -0.335 e. The Morgan fingerprint density at radius 3 is 2.48 bits per heavy atom. The number of nitrogens with zero attached hydrogens (tertiary/aromatic N) is 4. The molecule has 0 aliphatic carbocycles. The third-order valence-electron chi connectivity index (χ3n) is 3.79. The second-order valence-electron chi connectivity index (χ2n) is 5.41. The van der Waals surface area contributed by atoms with Crippen LogP contribution in [0, 0.1) is 6.92 Å². The van der Waals surface area contributed by atoms with Gasteiger partial charge in [-0.2, -0.15) is 0 Å². The molecule has 1 amide bonds. The Balaban J connectivity index is 1.85. The molecule has 5 nitrogen and oxygen atoms in total. The van der Waals surface area contributed by atoms with E-state index in [0.29, 0.717) is 5.69 Å². The molecule has 1 saturated heterocycles. The first-order chi connectivity index (χ1) is 10.1. The molecule has 2 aromatic rings. The van der Waals surface area contributed by atoms with Crippen LogP contribution in [0.3, 0.4) is 0 Å². The predicted octanol–water partition coefficient (Wildman–Crippen LogP) is 1.90. The first-order valence-electron chi connectivity index (χ1n) is 7.02. The molecule has 110 valence electrons. The van der Waals surface area contributed by atoms with E-state index in [2.05, 4.69) is 21.5 Å². The van der Waals surface area contributed by atoms with E-state index in [1.165, 1.54) is 17.1 Å². The molecule has 0 saturated carbocycles. The van der Waals surface area contributed by atoms with Gasteiger partial charge in [0, 0.05) is 26.2 Å². The van der Waals surface area contributed by atoms with Crippen molar-refractivity contribution < 1.29 is 4.79 Å². The highest BCUT2D eigenvalue weighted by molar-refractivity contribution is 7.09. The molecule has 0 N–H and O–H groups in total. The lowest BCUT2D eigenvalue weighted by Crippen LogP contribution is -2.47. The monoisotopic (exact) mass is 302 g/mol. The van der Waals surface area contributed by atoms with Crippen molar-refractivity contribution in [1.29, 1.82) is 0 Å². The molecule has 1 aromatic carbocycles. The van der Waals surface area contributed by atoms with Crippen LogP contribution in [0.5, 0.6) is 0 Å². The Labute approximate surface area is 128 Å². The molecule has 0 spiro atoms. The first-order valence-corrected chi connectivity index (χ1v) is 7.79. The molecule has 1 aliphatic heterocycles. The zero-order valence-corrected chi connectivity index (χ0v) is 13.1. The Morgan fingerprint density at radius 2 is 1.81 bits per heavy atom. The lowest BCUT2D eigenvalue weighted by atomic mass is 10.1. The number of hydrogen-bond acceptors (Lipinski definition) is 5. The van der Waals surface area contributed by atoms with Gasteiger partial charge in [0.25, 0.3) is 5.91 Å². The summed E-state index contributed by atoms with van der Waals surface area (Å²) in [7, 11) is 2.07. The fourth-order valence-electron chi connectivity index (χ4n) is 2.38. The van der Waals surface area contributed by atoms with Crippen molar-refractivity contribution in [2.75, 3.05) is 33.2 Å². The molecule has 1 fully saturated rings. The summed E-state index contributed by atoms with van der Waals surface area (Å²) in [5.74, 6) is -0.00701. The van der Waals surface area contributed by atoms with E-state index in [-0.39, 0.29) is 5.91 Å². The molecule has 0 unspecified atom stereocenters. The summed E-state index contributed by atoms with van der Waals surface area (Å²) in [6.07, 6.45) is 0. The predicted molar refractivity (Wildman–Crippen MR) is 83.5 cm³/mol. The van der Waals surface area contributed by atoms with Gasteiger partial charge < -0.3 is 9.80 Å². The maximum absolute atomic E-state index is 12.6.